The predicted octanol–water partition coefficient (Wildman–Crippen LogP) is 1.49. The van der Waals surface area contributed by atoms with Gasteiger partial charge in [0.15, 0.2) is 9.84 Å². The highest BCUT2D eigenvalue weighted by molar-refractivity contribution is 7.91. The maximum absolute atomic E-state index is 13.1. The average molecular weight is 434 g/mol. The Kier molecular flexibility index (Phi) is 5.90. The summed E-state index contributed by atoms with van der Waals surface area (Å²) in [6.07, 6.45) is 0.948. The van der Waals surface area contributed by atoms with E-state index >= 15 is 0 Å². The van der Waals surface area contributed by atoms with Crippen LogP contribution in [0.1, 0.15) is 38.2 Å². The number of sulfone groups is 1. The summed E-state index contributed by atoms with van der Waals surface area (Å²) in [5, 5.41) is 0. The molecule has 1 aromatic carbocycles. The number of carbonyl (C=O) groups is 2. The summed E-state index contributed by atoms with van der Waals surface area (Å²) in [4.78, 5) is 31.5. The van der Waals surface area contributed by atoms with Crippen molar-refractivity contribution in [2.75, 3.05) is 49.1 Å². The molecule has 3 saturated heterocycles. The molecule has 8 heteroatoms. The zero-order valence-corrected chi connectivity index (χ0v) is 18.6. The molecule has 0 aliphatic carbocycles. The number of piperazine rings is 1. The van der Waals surface area contributed by atoms with E-state index in [4.69, 9.17) is 0 Å². The molecule has 2 atom stereocenters. The molecule has 7 nitrogen and oxygen atoms in total. The first-order valence-electron chi connectivity index (χ1n) is 10.9. The lowest BCUT2D eigenvalue weighted by Crippen LogP contribution is -2.53. The van der Waals surface area contributed by atoms with Crippen LogP contribution in [0.2, 0.25) is 0 Å². The molecule has 0 aromatic heterocycles. The molecule has 0 radical (unpaired) electrons. The minimum Gasteiger partial charge on any atom is -0.340 e. The normalized spacial score (nSPS) is 27.2. The molecule has 3 aliphatic rings. The maximum Gasteiger partial charge on any atom is 0.228 e. The van der Waals surface area contributed by atoms with Gasteiger partial charge in [0.25, 0.3) is 0 Å². The van der Waals surface area contributed by atoms with Gasteiger partial charge in [-0.05, 0) is 30.0 Å². The van der Waals surface area contributed by atoms with Crippen molar-refractivity contribution in [2.24, 2.45) is 5.92 Å². The predicted molar refractivity (Wildman–Crippen MR) is 116 cm³/mol. The largest absolute Gasteiger partial charge is 0.340 e. The second-order valence-electron chi connectivity index (χ2n) is 9.07. The van der Waals surface area contributed by atoms with Gasteiger partial charge in [-0.25, -0.2) is 8.42 Å². The van der Waals surface area contributed by atoms with Crippen LogP contribution in [0.5, 0.6) is 0 Å². The van der Waals surface area contributed by atoms with Crippen molar-refractivity contribution in [1.82, 2.24) is 9.80 Å². The Hall–Kier alpha value is -1.93. The molecule has 0 spiro atoms. The Morgan fingerprint density at radius 1 is 1.13 bits per heavy atom. The quantitative estimate of drug-likeness (QED) is 0.719. The van der Waals surface area contributed by atoms with Gasteiger partial charge in [-0.15, -0.1) is 0 Å². The Morgan fingerprint density at radius 2 is 1.87 bits per heavy atom. The third kappa shape index (κ3) is 4.39. The lowest BCUT2D eigenvalue weighted by Gasteiger charge is -2.38. The number of anilines is 1. The Labute approximate surface area is 178 Å². The van der Waals surface area contributed by atoms with E-state index in [2.05, 4.69) is 24.8 Å². The third-order valence-corrected chi connectivity index (χ3v) is 8.42. The molecule has 2 amide bonds. The van der Waals surface area contributed by atoms with Gasteiger partial charge in [0.2, 0.25) is 11.8 Å². The van der Waals surface area contributed by atoms with Gasteiger partial charge in [0, 0.05) is 50.9 Å². The van der Waals surface area contributed by atoms with Crippen molar-refractivity contribution in [3.63, 3.8) is 0 Å². The van der Waals surface area contributed by atoms with Gasteiger partial charge in [0.1, 0.15) is 0 Å². The third-order valence-electron chi connectivity index (χ3n) is 6.67. The zero-order valence-electron chi connectivity index (χ0n) is 17.8. The molecule has 1 aromatic rings. The van der Waals surface area contributed by atoms with Gasteiger partial charge in [-0.2, -0.15) is 0 Å². The molecule has 30 heavy (non-hydrogen) atoms. The molecular formula is C22H31N3O4S. The zero-order chi connectivity index (χ0) is 21.5. The van der Waals surface area contributed by atoms with Gasteiger partial charge in [0.05, 0.1) is 17.4 Å². The van der Waals surface area contributed by atoms with Gasteiger partial charge >= 0.3 is 0 Å². The maximum atomic E-state index is 13.1. The van der Waals surface area contributed by atoms with Crippen molar-refractivity contribution in [2.45, 2.75) is 38.6 Å². The fraction of sp³-hybridized carbons (Fsp3) is 0.636. The molecular weight excluding hydrogens is 402 g/mol. The average Bonchev–Trinajstić information content (AvgIpc) is 3.29. The molecule has 0 bridgehead atoms. The van der Waals surface area contributed by atoms with Crippen molar-refractivity contribution in [1.29, 1.82) is 0 Å². The minimum atomic E-state index is -2.90. The second kappa shape index (κ2) is 8.30. The number of hydrogen-bond acceptors (Lipinski definition) is 5. The van der Waals surface area contributed by atoms with E-state index in [1.54, 1.807) is 4.90 Å². The number of hydrogen-bond donors (Lipinski definition) is 0. The van der Waals surface area contributed by atoms with E-state index in [1.165, 1.54) is 5.56 Å². The van der Waals surface area contributed by atoms with E-state index in [0.717, 1.165) is 5.69 Å². The van der Waals surface area contributed by atoms with E-state index < -0.39 is 9.84 Å². The lowest BCUT2D eigenvalue weighted by atomic mass is 10.0. The smallest absolute Gasteiger partial charge is 0.228 e. The molecule has 3 heterocycles. The van der Waals surface area contributed by atoms with E-state index in [0.29, 0.717) is 45.1 Å². The van der Waals surface area contributed by atoms with Crippen LogP contribution < -0.4 is 4.90 Å². The summed E-state index contributed by atoms with van der Waals surface area (Å²) in [5.74, 6) is 0.635. The monoisotopic (exact) mass is 433 g/mol. The number of nitrogens with zero attached hydrogens (tertiary/aromatic N) is 3. The van der Waals surface area contributed by atoms with E-state index in [9.17, 15) is 18.0 Å². The van der Waals surface area contributed by atoms with Crippen LogP contribution in [0.25, 0.3) is 0 Å². The number of benzene rings is 1. The SMILES string of the molecule is CC(C)c1cccc(N2CC(C(=O)N3CCN(C4CCS(=O)(=O)C4)CC3)CC2=O)c1. The van der Waals surface area contributed by atoms with E-state index in [1.807, 2.05) is 23.1 Å². The Balaban J connectivity index is 1.35. The molecule has 0 N–H and O–H groups in total. The highest BCUT2D eigenvalue weighted by Crippen LogP contribution is 2.29. The number of amides is 2. The molecule has 3 fully saturated rings. The first-order chi connectivity index (χ1) is 14.2. The van der Waals surface area contributed by atoms with Crippen molar-refractivity contribution < 1.29 is 18.0 Å². The summed E-state index contributed by atoms with van der Waals surface area (Å²) in [6.45, 7) is 7.28. The van der Waals surface area contributed by atoms with Gasteiger partial charge < -0.3 is 9.80 Å². The van der Waals surface area contributed by atoms with Crippen molar-refractivity contribution in [3.8, 4) is 0 Å². The van der Waals surface area contributed by atoms with Crippen LogP contribution in [-0.4, -0.2) is 80.3 Å². The van der Waals surface area contributed by atoms with E-state index in [-0.39, 0.29) is 41.7 Å². The van der Waals surface area contributed by atoms with Gasteiger partial charge in [-0.3, -0.25) is 14.5 Å². The fourth-order valence-corrected chi connectivity index (χ4v) is 6.56. The van der Waals surface area contributed by atoms with Crippen molar-refractivity contribution in [3.05, 3.63) is 29.8 Å². The summed E-state index contributed by atoms with van der Waals surface area (Å²) >= 11 is 0. The molecule has 4 rings (SSSR count). The van der Waals surface area contributed by atoms with Crippen LogP contribution >= 0.6 is 0 Å². The fourth-order valence-electron chi connectivity index (χ4n) is 4.80. The summed E-state index contributed by atoms with van der Waals surface area (Å²) < 4.78 is 23.5. The van der Waals surface area contributed by atoms with Crippen LogP contribution in [0.4, 0.5) is 5.69 Å². The molecule has 3 aliphatic heterocycles. The Bertz CT molecular complexity index is 922. The topological polar surface area (TPSA) is 78.0 Å². The Morgan fingerprint density at radius 3 is 2.50 bits per heavy atom. The van der Waals surface area contributed by atoms with Crippen LogP contribution in [-0.2, 0) is 19.4 Å². The molecule has 2 unspecified atom stereocenters. The van der Waals surface area contributed by atoms with Gasteiger partial charge in [-0.1, -0.05) is 26.0 Å². The summed E-state index contributed by atoms with van der Waals surface area (Å²) in [7, 11) is -2.90. The first kappa shape index (κ1) is 21.3. The minimum absolute atomic E-state index is 0.00375. The first-order valence-corrected chi connectivity index (χ1v) is 12.7. The summed E-state index contributed by atoms with van der Waals surface area (Å²) in [6, 6.07) is 8.10. The van der Waals surface area contributed by atoms with Crippen LogP contribution in [0.3, 0.4) is 0 Å². The summed E-state index contributed by atoms with van der Waals surface area (Å²) in [5.41, 5.74) is 2.05. The number of rotatable bonds is 4. The lowest BCUT2D eigenvalue weighted by molar-refractivity contribution is -0.137. The van der Waals surface area contributed by atoms with Crippen molar-refractivity contribution >= 4 is 27.3 Å². The second-order valence-corrected chi connectivity index (χ2v) is 11.3. The number of carbonyl (C=O) groups excluding carboxylic acids is 2. The highest BCUT2D eigenvalue weighted by atomic mass is 32.2. The van der Waals surface area contributed by atoms with Crippen LogP contribution in [0, 0.1) is 5.92 Å². The highest BCUT2D eigenvalue weighted by Gasteiger charge is 2.39. The standard InChI is InChI=1S/C22H31N3O4S/c1-16(2)17-4-3-5-19(12-17)25-14-18(13-21(25)26)22(27)24-9-7-23(8-10-24)20-6-11-30(28,29)15-20/h3-5,12,16,18,20H,6-11,13-15H2,1-2H3. The molecule has 0 saturated carbocycles. The molecule has 164 valence electrons. The van der Waals surface area contributed by atoms with Crippen LogP contribution in [0.15, 0.2) is 24.3 Å².